The standard InChI is InChI=1S/C13H12O.C3H4O2/c14-10-12-8-4-5-9-13(12)11-6-2-1-3-7-11;1-2-3(4)5/h1-9,14H,10H2;2H,1H2,(H,4,5). The molecule has 0 atom stereocenters. The van der Waals surface area contributed by atoms with Gasteiger partial charge in [0, 0.05) is 6.08 Å². The number of carboxylic acid groups (broad SMARTS) is 1. The SMILES string of the molecule is C=CC(=O)O.OCc1ccccc1-c1ccccc1. The van der Waals surface area contributed by atoms with Crippen LogP contribution in [0, 0.1) is 0 Å². The number of hydrogen-bond acceptors (Lipinski definition) is 2. The lowest BCUT2D eigenvalue weighted by Crippen LogP contribution is -1.87. The molecule has 0 heterocycles. The molecule has 2 rings (SSSR count). The van der Waals surface area contributed by atoms with Crippen LogP contribution < -0.4 is 0 Å². The van der Waals surface area contributed by atoms with E-state index in [0.29, 0.717) is 0 Å². The highest BCUT2D eigenvalue weighted by Crippen LogP contribution is 2.22. The highest BCUT2D eigenvalue weighted by atomic mass is 16.4. The number of aliphatic carboxylic acids is 1. The fourth-order valence-electron chi connectivity index (χ4n) is 1.56. The number of aliphatic hydroxyl groups is 1. The van der Waals surface area contributed by atoms with Crippen LogP contribution in [0.4, 0.5) is 0 Å². The molecule has 0 unspecified atom stereocenters. The van der Waals surface area contributed by atoms with E-state index in [2.05, 4.69) is 18.7 Å². The van der Waals surface area contributed by atoms with Crippen molar-refractivity contribution < 1.29 is 15.0 Å². The molecule has 19 heavy (non-hydrogen) atoms. The number of aliphatic hydroxyl groups excluding tert-OH is 1. The lowest BCUT2D eigenvalue weighted by Gasteiger charge is -2.06. The van der Waals surface area contributed by atoms with Crippen LogP contribution in [0.5, 0.6) is 0 Å². The van der Waals surface area contributed by atoms with Gasteiger partial charge in [0.25, 0.3) is 0 Å². The first-order valence-corrected chi connectivity index (χ1v) is 5.78. The fourth-order valence-corrected chi connectivity index (χ4v) is 1.56. The normalized spacial score (nSPS) is 9.11. The summed E-state index contributed by atoms with van der Waals surface area (Å²) in [4.78, 5) is 9.25. The molecule has 0 aliphatic carbocycles. The van der Waals surface area contributed by atoms with Crippen LogP contribution in [0.2, 0.25) is 0 Å². The molecule has 2 N–H and O–H groups in total. The first-order valence-electron chi connectivity index (χ1n) is 5.78. The van der Waals surface area contributed by atoms with E-state index >= 15 is 0 Å². The summed E-state index contributed by atoms with van der Waals surface area (Å²) in [6.07, 6.45) is 0.833. The quantitative estimate of drug-likeness (QED) is 0.830. The average Bonchev–Trinajstić information content (AvgIpc) is 2.48. The van der Waals surface area contributed by atoms with Gasteiger partial charge < -0.3 is 10.2 Å². The number of hydrogen-bond donors (Lipinski definition) is 2. The zero-order chi connectivity index (χ0) is 14.1. The van der Waals surface area contributed by atoms with E-state index in [1.54, 1.807) is 0 Å². The van der Waals surface area contributed by atoms with Crippen molar-refractivity contribution in [2.24, 2.45) is 0 Å². The summed E-state index contributed by atoms with van der Waals surface area (Å²) in [6.45, 7) is 3.05. The van der Waals surface area contributed by atoms with Crippen molar-refractivity contribution in [3.05, 3.63) is 72.8 Å². The molecule has 0 bridgehead atoms. The summed E-state index contributed by atoms with van der Waals surface area (Å²) in [5, 5.41) is 16.8. The zero-order valence-corrected chi connectivity index (χ0v) is 10.5. The largest absolute Gasteiger partial charge is 0.478 e. The van der Waals surface area contributed by atoms with Gasteiger partial charge in [0.15, 0.2) is 0 Å². The minimum Gasteiger partial charge on any atom is -0.478 e. The molecule has 2 aromatic carbocycles. The first kappa shape index (κ1) is 14.7. The summed E-state index contributed by atoms with van der Waals surface area (Å²) in [5.41, 5.74) is 3.23. The fraction of sp³-hybridized carbons (Fsp3) is 0.0625. The Labute approximate surface area is 112 Å². The zero-order valence-electron chi connectivity index (χ0n) is 10.5. The van der Waals surface area contributed by atoms with Crippen LogP contribution >= 0.6 is 0 Å². The van der Waals surface area contributed by atoms with Crippen molar-refractivity contribution in [3.8, 4) is 11.1 Å². The van der Waals surface area contributed by atoms with Gasteiger partial charge in [-0.3, -0.25) is 0 Å². The predicted octanol–water partition coefficient (Wildman–Crippen LogP) is 3.10. The van der Waals surface area contributed by atoms with Gasteiger partial charge in [0.2, 0.25) is 0 Å². The van der Waals surface area contributed by atoms with Gasteiger partial charge in [-0.1, -0.05) is 61.2 Å². The molecule has 3 heteroatoms. The van der Waals surface area contributed by atoms with Crippen molar-refractivity contribution in [1.82, 2.24) is 0 Å². The Morgan fingerprint density at radius 3 is 2.11 bits per heavy atom. The summed E-state index contributed by atoms with van der Waals surface area (Å²) in [7, 11) is 0. The molecular weight excluding hydrogens is 240 g/mol. The molecule has 0 saturated heterocycles. The highest BCUT2D eigenvalue weighted by molar-refractivity contribution is 5.78. The number of benzene rings is 2. The van der Waals surface area contributed by atoms with Gasteiger partial charge in [0.1, 0.15) is 0 Å². The smallest absolute Gasteiger partial charge is 0.327 e. The second-order valence-corrected chi connectivity index (χ2v) is 3.72. The predicted molar refractivity (Wildman–Crippen MR) is 75.6 cm³/mol. The van der Waals surface area contributed by atoms with E-state index in [-0.39, 0.29) is 6.61 Å². The molecule has 0 saturated carbocycles. The molecular formula is C16H16O3. The minimum absolute atomic E-state index is 0.0884. The molecule has 0 radical (unpaired) electrons. The first-order chi connectivity index (χ1) is 9.19. The Balaban J connectivity index is 0.000000312. The molecule has 0 amide bonds. The maximum absolute atomic E-state index is 9.25. The summed E-state index contributed by atoms with van der Waals surface area (Å²) in [5.74, 6) is -0.981. The summed E-state index contributed by atoms with van der Waals surface area (Å²) < 4.78 is 0. The Morgan fingerprint density at radius 2 is 1.58 bits per heavy atom. The molecule has 0 aromatic heterocycles. The van der Waals surface area contributed by atoms with Gasteiger partial charge in [-0.2, -0.15) is 0 Å². The van der Waals surface area contributed by atoms with E-state index < -0.39 is 5.97 Å². The van der Waals surface area contributed by atoms with Gasteiger partial charge in [0.05, 0.1) is 6.61 Å². The average molecular weight is 256 g/mol. The number of rotatable bonds is 3. The third kappa shape index (κ3) is 4.77. The molecule has 2 aromatic rings. The lowest BCUT2D eigenvalue weighted by molar-refractivity contribution is -0.131. The van der Waals surface area contributed by atoms with Crippen molar-refractivity contribution in [3.63, 3.8) is 0 Å². The molecule has 0 spiro atoms. The molecule has 3 nitrogen and oxygen atoms in total. The second-order valence-electron chi connectivity index (χ2n) is 3.72. The van der Waals surface area contributed by atoms with Crippen LogP contribution in [0.1, 0.15) is 5.56 Å². The minimum atomic E-state index is -0.981. The van der Waals surface area contributed by atoms with Crippen molar-refractivity contribution in [1.29, 1.82) is 0 Å². The molecule has 0 aliphatic heterocycles. The van der Waals surface area contributed by atoms with Crippen LogP contribution in [0.15, 0.2) is 67.3 Å². The lowest BCUT2D eigenvalue weighted by atomic mass is 10.0. The second kappa shape index (κ2) is 7.84. The Kier molecular flexibility index (Phi) is 6.06. The van der Waals surface area contributed by atoms with E-state index in [1.165, 1.54) is 0 Å². The van der Waals surface area contributed by atoms with E-state index in [9.17, 15) is 9.90 Å². The Hall–Kier alpha value is -2.39. The van der Waals surface area contributed by atoms with Crippen molar-refractivity contribution in [2.45, 2.75) is 6.61 Å². The van der Waals surface area contributed by atoms with Crippen LogP contribution in [0.3, 0.4) is 0 Å². The summed E-state index contributed by atoms with van der Waals surface area (Å²) >= 11 is 0. The maximum atomic E-state index is 9.25. The van der Waals surface area contributed by atoms with Crippen molar-refractivity contribution >= 4 is 5.97 Å². The molecule has 98 valence electrons. The van der Waals surface area contributed by atoms with Crippen LogP contribution in [-0.4, -0.2) is 16.2 Å². The van der Waals surface area contributed by atoms with Gasteiger partial charge in [-0.05, 0) is 16.7 Å². The Bertz CT molecular complexity index is 533. The van der Waals surface area contributed by atoms with Crippen LogP contribution in [0.25, 0.3) is 11.1 Å². The van der Waals surface area contributed by atoms with Gasteiger partial charge in [-0.25, -0.2) is 4.79 Å². The summed E-state index contributed by atoms with van der Waals surface area (Å²) in [6, 6.07) is 18.0. The monoisotopic (exact) mass is 256 g/mol. The van der Waals surface area contributed by atoms with E-state index in [1.807, 2.05) is 42.5 Å². The van der Waals surface area contributed by atoms with Gasteiger partial charge in [-0.15, -0.1) is 0 Å². The maximum Gasteiger partial charge on any atom is 0.327 e. The van der Waals surface area contributed by atoms with E-state index in [4.69, 9.17) is 5.11 Å². The topological polar surface area (TPSA) is 57.5 Å². The third-order valence-corrected chi connectivity index (χ3v) is 2.45. The van der Waals surface area contributed by atoms with Gasteiger partial charge >= 0.3 is 5.97 Å². The number of carbonyl (C=O) groups is 1. The third-order valence-electron chi connectivity index (χ3n) is 2.45. The van der Waals surface area contributed by atoms with Crippen LogP contribution in [-0.2, 0) is 11.4 Å². The van der Waals surface area contributed by atoms with E-state index in [0.717, 1.165) is 22.8 Å². The highest BCUT2D eigenvalue weighted by Gasteiger charge is 2.01. The molecule has 0 fully saturated rings. The molecule has 0 aliphatic rings. The number of carboxylic acids is 1. The Morgan fingerprint density at radius 1 is 1.05 bits per heavy atom. The van der Waals surface area contributed by atoms with Crippen molar-refractivity contribution in [2.75, 3.05) is 0 Å².